The number of aryl methyl sites for hydroxylation is 1. The van der Waals surface area contributed by atoms with Crippen LogP contribution in [0.1, 0.15) is 32.3 Å². The van der Waals surface area contributed by atoms with Gasteiger partial charge in [-0.1, -0.05) is 26.3 Å². The molecule has 1 aromatic carbocycles. The molecule has 0 saturated carbocycles. The summed E-state index contributed by atoms with van der Waals surface area (Å²) in [6.45, 7) is 7.56. The van der Waals surface area contributed by atoms with Crippen molar-refractivity contribution in [1.82, 2.24) is 5.32 Å². The summed E-state index contributed by atoms with van der Waals surface area (Å²) in [6, 6.07) is 5.23. The molecule has 0 bridgehead atoms. The Labute approximate surface area is 103 Å². The molecule has 96 valence electrons. The monoisotopic (exact) mass is 239 g/mol. The van der Waals surface area contributed by atoms with Gasteiger partial charge in [-0.2, -0.15) is 0 Å². The van der Waals surface area contributed by atoms with E-state index in [-0.39, 0.29) is 5.82 Å². The van der Waals surface area contributed by atoms with Gasteiger partial charge in [0, 0.05) is 6.04 Å². The van der Waals surface area contributed by atoms with Gasteiger partial charge in [-0.25, -0.2) is 4.39 Å². The standard InChI is InChI=1S/C14H22FNO/c1-4-6-12(16-5-2)10-17-14-9-11(3)7-8-13(14)15/h7-9,12,16H,4-6,10H2,1-3H3. The third-order valence-electron chi connectivity index (χ3n) is 2.66. The molecule has 3 heteroatoms. The van der Waals surface area contributed by atoms with Crippen molar-refractivity contribution in [3.8, 4) is 5.75 Å². The molecular formula is C14H22FNO. The maximum Gasteiger partial charge on any atom is 0.165 e. The lowest BCUT2D eigenvalue weighted by Gasteiger charge is -2.18. The van der Waals surface area contributed by atoms with Crippen LogP contribution in [0.15, 0.2) is 18.2 Å². The van der Waals surface area contributed by atoms with E-state index in [2.05, 4.69) is 19.2 Å². The van der Waals surface area contributed by atoms with E-state index in [1.54, 1.807) is 12.1 Å². The van der Waals surface area contributed by atoms with E-state index in [1.807, 2.05) is 6.92 Å². The molecule has 0 aromatic heterocycles. The van der Waals surface area contributed by atoms with Gasteiger partial charge in [-0.15, -0.1) is 0 Å². The minimum Gasteiger partial charge on any atom is -0.489 e. The van der Waals surface area contributed by atoms with Crippen LogP contribution in [0.3, 0.4) is 0 Å². The Bertz CT molecular complexity index is 335. The fourth-order valence-electron chi connectivity index (χ4n) is 1.79. The first kappa shape index (κ1) is 14.0. The summed E-state index contributed by atoms with van der Waals surface area (Å²) in [4.78, 5) is 0. The Hall–Kier alpha value is -1.09. The first-order valence-corrected chi connectivity index (χ1v) is 6.29. The third kappa shape index (κ3) is 4.73. The molecule has 0 aliphatic carbocycles. The van der Waals surface area contributed by atoms with Crippen molar-refractivity contribution in [2.45, 2.75) is 39.7 Å². The summed E-state index contributed by atoms with van der Waals surface area (Å²) in [5.41, 5.74) is 1.01. The van der Waals surface area contributed by atoms with E-state index in [1.165, 1.54) is 6.07 Å². The van der Waals surface area contributed by atoms with Crippen molar-refractivity contribution in [2.24, 2.45) is 0 Å². The van der Waals surface area contributed by atoms with E-state index in [0.717, 1.165) is 24.9 Å². The second-order valence-corrected chi connectivity index (χ2v) is 4.29. The van der Waals surface area contributed by atoms with Crippen LogP contribution in [0.25, 0.3) is 0 Å². The summed E-state index contributed by atoms with van der Waals surface area (Å²) in [5.74, 6) is 0.0614. The van der Waals surface area contributed by atoms with Crippen molar-refractivity contribution in [3.63, 3.8) is 0 Å². The van der Waals surface area contributed by atoms with Crippen LogP contribution in [0.2, 0.25) is 0 Å². The fraction of sp³-hybridized carbons (Fsp3) is 0.571. The molecule has 2 nitrogen and oxygen atoms in total. The number of halogens is 1. The number of rotatable bonds is 7. The highest BCUT2D eigenvalue weighted by Crippen LogP contribution is 2.18. The average Bonchev–Trinajstić information content (AvgIpc) is 2.30. The van der Waals surface area contributed by atoms with Crippen LogP contribution < -0.4 is 10.1 Å². The molecule has 1 atom stereocenters. The minimum atomic E-state index is -0.289. The lowest BCUT2D eigenvalue weighted by atomic mass is 10.2. The van der Waals surface area contributed by atoms with Crippen LogP contribution in [-0.4, -0.2) is 19.2 Å². The predicted octanol–water partition coefficient (Wildman–Crippen LogP) is 3.29. The molecule has 0 fully saturated rings. The van der Waals surface area contributed by atoms with E-state index in [4.69, 9.17) is 4.74 Å². The Morgan fingerprint density at radius 2 is 2.12 bits per heavy atom. The van der Waals surface area contributed by atoms with E-state index in [9.17, 15) is 4.39 Å². The van der Waals surface area contributed by atoms with Crippen LogP contribution >= 0.6 is 0 Å². The number of hydrogen-bond acceptors (Lipinski definition) is 2. The maximum absolute atomic E-state index is 13.4. The molecule has 0 aliphatic rings. The molecule has 1 N–H and O–H groups in total. The summed E-state index contributed by atoms with van der Waals surface area (Å²) >= 11 is 0. The minimum absolute atomic E-state index is 0.289. The van der Waals surface area contributed by atoms with Gasteiger partial charge < -0.3 is 10.1 Å². The lowest BCUT2D eigenvalue weighted by molar-refractivity contribution is 0.247. The Morgan fingerprint density at radius 3 is 2.76 bits per heavy atom. The topological polar surface area (TPSA) is 21.3 Å². The zero-order chi connectivity index (χ0) is 12.7. The van der Waals surface area contributed by atoms with Crippen molar-refractivity contribution < 1.29 is 9.13 Å². The first-order valence-electron chi connectivity index (χ1n) is 6.29. The van der Waals surface area contributed by atoms with Crippen molar-refractivity contribution in [3.05, 3.63) is 29.6 Å². The molecule has 0 aliphatic heterocycles. The predicted molar refractivity (Wildman–Crippen MR) is 69.0 cm³/mol. The Kier molecular flexibility index (Phi) is 5.98. The summed E-state index contributed by atoms with van der Waals surface area (Å²) in [6.07, 6.45) is 2.14. The second-order valence-electron chi connectivity index (χ2n) is 4.29. The van der Waals surface area contributed by atoms with E-state index < -0.39 is 0 Å². The molecule has 17 heavy (non-hydrogen) atoms. The number of benzene rings is 1. The molecule has 0 spiro atoms. The summed E-state index contributed by atoms with van der Waals surface area (Å²) < 4.78 is 19.0. The Morgan fingerprint density at radius 1 is 1.35 bits per heavy atom. The number of ether oxygens (including phenoxy) is 1. The molecular weight excluding hydrogens is 217 g/mol. The van der Waals surface area contributed by atoms with Crippen LogP contribution in [0.5, 0.6) is 5.75 Å². The van der Waals surface area contributed by atoms with Crippen LogP contribution in [0.4, 0.5) is 4.39 Å². The van der Waals surface area contributed by atoms with Crippen LogP contribution in [-0.2, 0) is 0 Å². The zero-order valence-electron chi connectivity index (χ0n) is 10.9. The summed E-state index contributed by atoms with van der Waals surface area (Å²) in [5, 5.41) is 3.34. The highest BCUT2D eigenvalue weighted by molar-refractivity contribution is 5.29. The van der Waals surface area contributed by atoms with Crippen molar-refractivity contribution >= 4 is 0 Å². The molecule has 0 heterocycles. The van der Waals surface area contributed by atoms with Crippen molar-refractivity contribution in [2.75, 3.05) is 13.2 Å². The van der Waals surface area contributed by atoms with Crippen molar-refractivity contribution in [1.29, 1.82) is 0 Å². The van der Waals surface area contributed by atoms with E-state index in [0.29, 0.717) is 18.4 Å². The quantitative estimate of drug-likeness (QED) is 0.788. The number of likely N-dealkylation sites (N-methyl/N-ethyl adjacent to an activating group) is 1. The lowest BCUT2D eigenvalue weighted by Crippen LogP contribution is -2.34. The normalized spacial score (nSPS) is 12.5. The SMILES string of the molecule is CCCC(COc1cc(C)ccc1F)NCC. The van der Waals surface area contributed by atoms with Gasteiger partial charge in [0.05, 0.1) is 0 Å². The van der Waals surface area contributed by atoms with Gasteiger partial charge in [0.15, 0.2) is 11.6 Å². The molecule has 0 amide bonds. The molecule has 1 rings (SSSR count). The molecule has 0 radical (unpaired) electrons. The Balaban J connectivity index is 2.55. The van der Waals surface area contributed by atoms with Gasteiger partial charge in [-0.3, -0.25) is 0 Å². The number of hydrogen-bond donors (Lipinski definition) is 1. The number of nitrogens with one attached hydrogen (secondary N) is 1. The summed E-state index contributed by atoms with van der Waals surface area (Å²) in [7, 11) is 0. The largest absolute Gasteiger partial charge is 0.489 e. The first-order chi connectivity index (χ1) is 8.17. The zero-order valence-corrected chi connectivity index (χ0v) is 10.9. The maximum atomic E-state index is 13.4. The highest BCUT2D eigenvalue weighted by atomic mass is 19.1. The van der Waals surface area contributed by atoms with E-state index >= 15 is 0 Å². The van der Waals surface area contributed by atoms with Gasteiger partial charge in [-0.05, 0) is 37.6 Å². The van der Waals surface area contributed by atoms with Gasteiger partial charge >= 0.3 is 0 Å². The highest BCUT2D eigenvalue weighted by Gasteiger charge is 2.09. The third-order valence-corrected chi connectivity index (χ3v) is 2.66. The molecule has 1 aromatic rings. The van der Waals surface area contributed by atoms with Gasteiger partial charge in [0.2, 0.25) is 0 Å². The fourth-order valence-corrected chi connectivity index (χ4v) is 1.79. The van der Waals surface area contributed by atoms with Gasteiger partial charge in [0.1, 0.15) is 6.61 Å². The molecule has 1 unspecified atom stereocenters. The van der Waals surface area contributed by atoms with Crippen LogP contribution in [0, 0.1) is 12.7 Å². The average molecular weight is 239 g/mol. The van der Waals surface area contributed by atoms with Gasteiger partial charge in [0.25, 0.3) is 0 Å². The second kappa shape index (κ2) is 7.28. The smallest absolute Gasteiger partial charge is 0.165 e. The molecule has 0 saturated heterocycles.